The highest BCUT2D eigenvalue weighted by atomic mass is 16.5. The Morgan fingerprint density at radius 3 is 2.63 bits per heavy atom. The first-order valence-electron chi connectivity index (χ1n) is 6.14. The highest BCUT2D eigenvalue weighted by Crippen LogP contribution is 2.19. The number of para-hydroxylation sites is 2. The molecule has 1 aromatic carbocycles. The third-order valence-electron chi connectivity index (χ3n) is 2.30. The second kappa shape index (κ2) is 7.97. The summed E-state index contributed by atoms with van der Waals surface area (Å²) in [6.45, 7) is 2.34. The quantitative estimate of drug-likeness (QED) is 0.618. The normalized spacial score (nSPS) is 9.74. The third-order valence-corrected chi connectivity index (χ3v) is 2.30. The number of carbonyl (C=O) groups excluding carboxylic acids is 2. The average Bonchev–Trinajstić information content (AvgIpc) is 2.42. The van der Waals surface area contributed by atoms with Crippen LogP contribution in [0.2, 0.25) is 0 Å². The molecule has 0 atom stereocenters. The van der Waals surface area contributed by atoms with E-state index >= 15 is 0 Å². The van der Waals surface area contributed by atoms with Crippen molar-refractivity contribution in [3.05, 3.63) is 24.3 Å². The molecule has 0 aromatic heterocycles. The monoisotopic (exact) mass is 265 g/mol. The fraction of sp³-hybridized carbons (Fsp3) is 0.385. The van der Waals surface area contributed by atoms with Gasteiger partial charge in [0.25, 0.3) is 5.91 Å². The molecule has 0 aliphatic carbocycles. The summed E-state index contributed by atoms with van der Waals surface area (Å²) in [7, 11) is 0. The number of benzene rings is 1. The Kier molecular flexibility index (Phi) is 6.21. The van der Waals surface area contributed by atoms with Gasteiger partial charge in [0.15, 0.2) is 6.61 Å². The number of anilines is 1. The van der Waals surface area contributed by atoms with Crippen LogP contribution in [0.25, 0.3) is 0 Å². The predicted octanol–water partition coefficient (Wildman–Crippen LogP) is 0.290. The molecule has 19 heavy (non-hydrogen) atoms. The second-order valence-corrected chi connectivity index (χ2v) is 3.95. The number of nitrogens with two attached hydrogens (primary N) is 1. The molecular formula is C13H19N3O3. The summed E-state index contributed by atoms with van der Waals surface area (Å²) in [5.74, 6) is -0.127. The maximum atomic E-state index is 11.4. The number of nitrogens with one attached hydrogen (secondary N) is 2. The summed E-state index contributed by atoms with van der Waals surface area (Å²) in [6, 6.07) is 6.91. The molecule has 6 nitrogen and oxygen atoms in total. The van der Waals surface area contributed by atoms with Crippen LogP contribution in [-0.4, -0.2) is 31.5 Å². The molecule has 1 rings (SSSR count). The predicted molar refractivity (Wildman–Crippen MR) is 72.7 cm³/mol. The largest absolute Gasteiger partial charge is 0.482 e. The minimum Gasteiger partial charge on any atom is -0.482 e. The van der Waals surface area contributed by atoms with E-state index in [0.29, 0.717) is 18.0 Å². The minimum atomic E-state index is -0.366. The van der Waals surface area contributed by atoms with Gasteiger partial charge in [-0.05, 0) is 18.6 Å². The van der Waals surface area contributed by atoms with Crippen LogP contribution in [0, 0.1) is 0 Å². The van der Waals surface area contributed by atoms with Crippen molar-refractivity contribution >= 4 is 17.5 Å². The van der Waals surface area contributed by atoms with Gasteiger partial charge < -0.3 is 21.1 Å². The molecule has 0 heterocycles. The maximum absolute atomic E-state index is 11.4. The van der Waals surface area contributed by atoms with Crippen molar-refractivity contribution in [1.29, 1.82) is 0 Å². The van der Waals surface area contributed by atoms with Gasteiger partial charge in [-0.25, -0.2) is 0 Å². The molecule has 6 heteroatoms. The number of rotatable bonds is 7. The summed E-state index contributed by atoms with van der Waals surface area (Å²) in [5.41, 5.74) is 6.13. The van der Waals surface area contributed by atoms with E-state index in [9.17, 15) is 9.59 Å². The van der Waals surface area contributed by atoms with Gasteiger partial charge in [0, 0.05) is 6.54 Å². The maximum Gasteiger partial charge on any atom is 0.258 e. The van der Waals surface area contributed by atoms with Gasteiger partial charge in [0.1, 0.15) is 5.75 Å². The van der Waals surface area contributed by atoms with Crippen molar-refractivity contribution < 1.29 is 14.3 Å². The molecule has 104 valence electrons. The molecule has 4 N–H and O–H groups in total. The lowest BCUT2D eigenvalue weighted by atomic mass is 10.3. The lowest BCUT2D eigenvalue weighted by Gasteiger charge is -2.09. The Morgan fingerprint density at radius 2 is 1.95 bits per heavy atom. The van der Waals surface area contributed by atoms with E-state index in [0.717, 1.165) is 6.42 Å². The SMILES string of the molecule is CCCNC(=O)CNC(=O)COc1ccccc1N. The molecule has 0 spiro atoms. The molecule has 0 unspecified atom stereocenters. The Balaban J connectivity index is 2.25. The number of amides is 2. The molecule has 2 amide bonds. The topological polar surface area (TPSA) is 93.5 Å². The fourth-order valence-corrected chi connectivity index (χ4v) is 1.31. The second-order valence-electron chi connectivity index (χ2n) is 3.95. The smallest absolute Gasteiger partial charge is 0.258 e. The number of hydrogen-bond donors (Lipinski definition) is 3. The van der Waals surface area contributed by atoms with E-state index in [1.807, 2.05) is 6.92 Å². The molecule has 0 aliphatic heterocycles. The van der Waals surface area contributed by atoms with Crippen LogP contribution in [0.1, 0.15) is 13.3 Å². The van der Waals surface area contributed by atoms with Crippen molar-refractivity contribution in [3.63, 3.8) is 0 Å². The lowest BCUT2D eigenvalue weighted by molar-refractivity contribution is -0.127. The van der Waals surface area contributed by atoms with Crippen molar-refractivity contribution in [2.75, 3.05) is 25.4 Å². The van der Waals surface area contributed by atoms with E-state index < -0.39 is 0 Å². The van der Waals surface area contributed by atoms with Gasteiger partial charge in [-0.15, -0.1) is 0 Å². The average molecular weight is 265 g/mol. The summed E-state index contributed by atoms with van der Waals surface area (Å²) in [6.07, 6.45) is 0.857. The van der Waals surface area contributed by atoms with Crippen LogP contribution in [0.4, 0.5) is 5.69 Å². The Labute approximate surface area is 112 Å². The van der Waals surface area contributed by atoms with E-state index in [2.05, 4.69) is 10.6 Å². The standard InChI is InChI=1S/C13H19N3O3/c1-2-7-15-12(17)8-16-13(18)9-19-11-6-4-3-5-10(11)14/h3-6H,2,7-9,14H2,1H3,(H,15,17)(H,16,18). The molecule has 0 bridgehead atoms. The van der Waals surface area contributed by atoms with Crippen LogP contribution in [0.5, 0.6) is 5.75 Å². The minimum absolute atomic E-state index is 0.0491. The van der Waals surface area contributed by atoms with Crippen LogP contribution in [-0.2, 0) is 9.59 Å². The van der Waals surface area contributed by atoms with E-state index in [1.54, 1.807) is 24.3 Å². The van der Waals surface area contributed by atoms with Gasteiger partial charge in [0.2, 0.25) is 5.91 Å². The first-order chi connectivity index (χ1) is 9.13. The fourth-order valence-electron chi connectivity index (χ4n) is 1.31. The van der Waals surface area contributed by atoms with Gasteiger partial charge in [0.05, 0.1) is 12.2 Å². The van der Waals surface area contributed by atoms with Crippen LogP contribution in [0.15, 0.2) is 24.3 Å². The van der Waals surface area contributed by atoms with Crippen molar-refractivity contribution in [1.82, 2.24) is 10.6 Å². The van der Waals surface area contributed by atoms with E-state index in [4.69, 9.17) is 10.5 Å². The zero-order valence-electron chi connectivity index (χ0n) is 10.9. The Hall–Kier alpha value is -2.24. The summed E-state index contributed by atoms with van der Waals surface area (Å²) >= 11 is 0. The molecule has 0 radical (unpaired) electrons. The van der Waals surface area contributed by atoms with Crippen LogP contribution < -0.4 is 21.1 Å². The molecule has 1 aromatic rings. The summed E-state index contributed by atoms with van der Waals surface area (Å²) in [4.78, 5) is 22.7. The van der Waals surface area contributed by atoms with E-state index in [-0.39, 0.29) is 25.0 Å². The zero-order chi connectivity index (χ0) is 14.1. The van der Waals surface area contributed by atoms with Gasteiger partial charge in [-0.1, -0.05) is 19.1 Å². The number of nitrogen functional groups attached to an aromatic ring is 1. The number of ether oxygens (including phenoxy) is 1. The first-order valence-corrected chi connectivity index (χ1v) is 6.14. The molecule has 0 fully saturated rings. The van der Waals surface area contributed by atoms with Crippen molar-refractivity contribution in [2.24, 2.45) is 0 Å². The summed E-state index contributed by atoms with van der Waals surface area (Å²) < 4.78 is 5.24. The van der Waals surface area contributed by atoms with E-state index in [1.165, 1.54) is 0 Å². The van der Waals surface area contributed by atoms with Crippen LogP contribution >= 0.6 is 0 Å². The Bertz CT molecular complexity index is 435. The van der Waals surface area contributed by atoms with Crippen LogP contribution in [0.3, 0.4) is 0 Å². The molecular weight excluding hydrogens is 246 g/mol. The lowest BCUT2D eigenvalue weighted by Crippen LogP contribution is -2.39. The van der Waals surface area contributed by atoms with Gasteiger partial charge in [-0.2, -0.15) is 0 Å². The molecule has 0 saturated carbocycles. The van der Waals surface area contributed by atoms with Gasteiger partial charge in [-0.3, -0.25) is 9.59 Å². The van der Waals surface area contributed by atoms with Crippen molar-refractivity contribution in [2.45, 2.75) is 13.3 Å². The zero-order valence-corrected chi connectivity index (χ0v) is 10.9. The third kappa shape index (κ3) is 5.76. The number of carbonyl (C=O) groups is 2. The van der Waals surface area contributed by atoms with Gasteiger partial charge >= 0.3 is 0 Å². The summed E-state index contributed by atoms with van der Waals surface area (Å²) in [5, 5.41) is 5.12. The number of hydrogen-bond acceptors (Lipinski definition) is 4. The van der Waals surface area contributed by atoms with Crippen molar-refractivity contribution in [3.8, 4) is 5.75 Å². The molecule has 0 aliphatic rings. The highest BCUT2D eigenvalue weighted by molar-refractivity contribution is 5.85. The highest BCUT2D eigenvalue weighted by Gasteiger charge is 2.06. The molecule has 0 saturated heterocycles. The Morgan fingerprint density at radius 1 is 1.21 bits per heavy atom. The first kappa shape index (κ1) is 14.8.